The van der Waals surface area contributed by atoms with Crippen LogP contribution in [0.2, 0.25) is 5.02 Å². The van der Waals surface area contributed by atoms with E-state index in [1.165, 1.54) is 18.5 Å². The quantitative estimate of drug-likeness (QED) is 0.472. The van der Waals surface area contributed by atoms with Gasteiger partial charge in [-0.15, -0.1) is 0 Å². The Morgan fingerprint density at radius 3 is 2.97 bits per heavy atom. The van der Waals surface area contributed by atoms with E-state index in [9.17, 15) is 4.39 Å². The Morgan fingerprint density at radius 2 is 2.12 bits per heavy atom. The van der Waals surface area contributed by atoms with E-state index in [-0.39, 0.29) is 5.02 Å². The van der Waals surface area contributed by atoms with Crippen LogP contribution in [0, 0.1) is 5.82 Å². The minimum atomic E-state index is -0.472. The molecular weight excluding hydrogens is 447 g/mol. The molecule has 3 aromatic rings. The summed E-state index contributed by atoms with van der Waals surface area (Å²) < 4.78 is 30.9. The highest BCUT2D eigenvalue weighted by molar-refractivity contribution is 6.31. The lowest BCUT2D eigenvalue weighted by molar-refractivity contribution is 0.105. The first-order chi connectivity index (χ1) is 16.1. The summed E-state index contributed by atoms with van der Waals surface area (Å²) in [5.41, 5.74) is 1.33. The number of benzene rings is 2. The summed E-state index contributed by atoms with van der Waals surface area (Å²) in [5.74, 6) is 1.34. The largest absolute Gasteiger partial charge is 0.493 e. The predicted octanol–water partition coefficient (Wildman–Crippen LogP) is 4.81. The van der Waals surface area contributed by atoms with Gasteiger partial charge < -0.3 is 19.5 Å². The highest BCUT2D eigenvalue weighted by Gasteiger charge is 2.38. The average molecular weight is 473 g/mol. The molecule has 3 heterocycles. The van der Waals surface area contributed by atoms with Crippen LogP contribution in [0.1, 0.15) is 19.3 Å². The van der Waals surface area contributed by atoms with Crippen molar-refractivity contribution in [3.63, 3.8) is 0 Å². The first kappa shape index (κ1) is 22.1. The minimum absolute atomic E-state index is 0.0394. The summed E-state index contributed by atoms with van der Waals surface area (Å²) in [5, 5.41) is 3.99. The molecule has 5 rings (SSSR count). The van der Waals surface area contributed by atoms with Crippen molar-refractivity contribution in [3.05, 3.63) is 47.5 Å². The van der Waals surface area contributed by atoms with E-state index in [0.29, 0.717) is 47.3 Å². The van der Waals surface area contributed by atoms with Crippen LogP contribution in [0.5, 0.6) is 11.5 Å². The van der Waals surface area contributed by atoms with Crippen molar-refractivity contribution < 1.29 is 18.6 Å². The summed E-state index contributed by atoms with van der Waals surface area (Å²) in [7, 11) is 1.61. The fourth-order valence-corrected chi connectivity index (χ4v) is 4.84. The standard InChI is InChI=1S/C24H26ClFN4O3/c1-31-22-13-19-16(24(28-14-27-19)29-15-3-4-18(26)17(25)11-15)12-23(22)32-9-2-7-30-8-5-21-20(30)6-10-33-21/h3-4,11-14,20-21H,2,5-10H2,1H3,(H,27,28,29). The number of hydrogen-bond acceptors (Lipinski definition) is 7. The fraction of sp³-hybridized carbons (Fsp3) is 0.417. The van der Waals surface area contributed by atoms with Crippen LogP contribution >= 0.6 is 11.6 Å². The number of hydrogen-bond donors (Lipinski definition) is 1. The van der Waals surface area contributed by atoms with Crippen molar-refractivity contribution in [1.29, 1.82) is 0 Å². The van der Waals surface area contributed by atoms with Gasteiger partial charge in [-0.3, -0.25) is 4.90 Å². The first-order valence-electron chi connectivity index (χ1n) is 11.2. The zero-order valence-electron chi connectivity index (χ0n) is 18.4. The smallest absolute Gasteiger partial charge is 0.162 e. The third kappa shape index (κ3) is 4.69. The van der Waals surface area contributed by atoms with Gasteiger partial charge >= 0.3 is 0 Å². The van der Waals surface area contributed by atoms with Crippen molar-refractivity contribution in [2.24, 2.45) is 0 Å². The number of nitrogens with zero attached hydrogens (tertiary/aromatic N) is 3. The molecule has 0 aliphatic carbocycles. The van der Waals surface area contributed by atoms with Gasteiger partial charge in [0, 0.05) is 42.9 Å². The summed E-state index contributed by atoms with van der Waals surface area (Å²) in [6.07, 6.45) is 5.03. The maximum Gasteiger partial charge on any atom is 0.162 e. The molecular formula is C24H26ClFN4O3. The molecule has 7 nitrogen and oxygen atoms in total. The Morgan fingerprint density at radius 1 is 1.21 bits per heavy atom. The van der Waals surface area contributed by atoms with E-state index < -0.39 is 5.82 Å². The molecule has 2 aliphatic heterocycles. The molecule has 0 amide bonds. The molecule has 2 aromatic carbocycles. The van der Waals surface area contributed by atoms with Crippen LogP contribution in [-0.4, -0.2) is 60.4 Å². The van der Waals surface area contributed by atoms with E-state index in [0.717, 1.165) is 44.3 Å². The molecule has 2 aliphatic rings. The van der Waals surface area contributed by atoms with Gasteiger partial charge in [0.2, 0.25) is 0 Å². The average Bonchev–Trinajstić information content (AvgIpc) is 3.44. The van der Waals surface area contributed by atoms with E-state index in [1.54, 1.807) is 13.2 Å². The molecule has 1 N–H and O–H groups in total. The van der Waals surface area contributed by atoms with Crippen LogP contribution in [0.15, 0.2) is 36.7 Å². The topological polar surface area (TPSA) is 68.7 Å². The van der Waals surface area contributed by atoms with Gasteiger partial charge in [0.25, 0.3) is 0 Å². The van der Waals surface area contributed by atoms with Gasteiger partial charge in [-0.25, -0.2) is 14.4 Å². The van der Waals surface area contributed by atoms with Gasteiger partial charge in [0.1, 0.15) is 18.0 Å². The highest BCUT2D eigenvalue weighted by atomic mass is 35.5. The third-order valence-corrected chi connectivity index (χ3v) is 6.58. The molecule has 2 fully saturated rings. The zero-order chi connectivity index (χ0) is 22.8. The highest BCUT2D eigenvalue weighted by Crippen LogP contribution is 2.35. The molecule has 0 bridgehead atoms. The Bertz CT molecular complexity index is 1150. The Kier molecular flexibility index (Phi) is 6.48. The number of aromatic nitrogens is 2. The van der Waals surface area contributed by atoms with Gasteiger partial charge in [-0.2, -0.15) is 0 Å². The van der Waals surface area contributed by atoms with Gasteiger partial charge in [-0.1, -0.05) is 11.6 Å². The van der Waals surface area contributed by atoms with Crippen molar-refractivity contribution in [2.45, 2.75) is 31.4 Å². The van der Waals surface area contributed by atoms with E-state index in [4.69, 9.17) is 25.8 Å². The number of anilines is 2. The summed E-state index contributed by atoms with van der Waals surface area (Å²) in [6, 6.07) is 8.70. The number of rotatable bonds is 8. The second-order valence-corrected chi connectivity index (χ2v) is 8.70. The SMILES string of the molecule is COc1cc2ncnc(Nc3ccc(F)c(Cl)c3)c2cc1OCCCN1CCC2OCCC21. The molecule has 1 aromatic heterocycles. The van der Waals surface area contributed by atoms with Gasteiger partial charge in [0.15, 0.2) is 11.5 Å². The molecule has 2 atom stereocenters. The van der Waals surface area contributed by atoms with Crippen LogP contribution in [0.25, 0.3) is 10.9 Å². The molecule has 0 spiro atoms. The number of ether oxygens (including phenoxy) is 3. The molecule has 2 saturated heterocycles. The van der Waals surface area contributed by atoms with Crippen molar-refractivity contribution in [3.8, 4) is 11.5 Å². The first-order valence-corrected chi connectivity index (χ1v) is 11.5. The molecule has 9 heteroatoms. The Hall–Kier alpha value is -2.68. The summed E-state index contributed by atoms with van der Waals surface area (Å²) >= 11 is 5.92. The number of likely N-dealkylation sites (tertiary alicyclic amines) is 1. The molecule has 2 unspecified atom stereocenters. The van der Waals surface area contributed by atoms with Crippen LogP contribution < -0.4 is 14.8 Å². The van der Waals surface area contributed by atoms with Crippen LogP contribution in [-0.2, 0) is 4.74 Å². The molecule has 174 valence electrons. The molecule has 0 radical (unpaired) electrons. The Balaban J connectivity index is 1.30. The van der Waals surface area contributed by atoms with E-state index >= 15 is 0 Å². The maximum atomic E-state index is 13.5. The summed E-state index contributed by atoms with van der Waals surface area (Å²) in [4.78, 5) is 11.2. The maximum absolute atomic E-state index is 13.5. The predicted molar refractivity (Wildman–Crippen MR) is 125 cm³/mol. The lowest BCUT2D eigenvalue weighted by atomic mass is 10.1. The molecule has 0 saturated carbocycles. The summed E-state index contributed by atoms with van der Waals surface area (Å²) in [6.45, 7) is 3.52. The fourth-order valence-electron chi connectivity index (χ4n) is 4.66. The second kappa shape index (κ2) is 9.67. The Labute approximate surface area is 196 Å². The van der Waals surface area contributed by atoms with Crippen LogP contribution in [0.4, 0.5) is 15.9 Å². The van der Waals surface area contributed by atoms with Gasteiger partial charge in [0.05, 0.1) is 30.4 Å². The number of halogens is 2. The normalized spacial score (nSPS) is 20.2. The van der Waals surface area contributed by atoms with Gasteiger partial charge in [-0.05, 0) is 43.5 Å². The van der Waals surface area contributed by atoms with E-state index in [1.807, 2.05) is 12.1 Å². The number of methoxy groups -OCH3 is 1. The zero-order valence-corrected chi connectivity index (χ0v) is 19.1. The third-order valence-electron chi connectivity index (χ3n) is 6.29. The lowest BCUT2D eigenvalue weighted by Gasteiger charge is -2.22. The van der Waals surface area contributed by atoms with E-state index in [2.05, 4.69) is 20.2 Å². The minimum Gasteiger partial charge on any atom is -0.493 e. The monoisotopic (exact) mass is 472 g/mol. The van der Waals surface area contributed by atoms with Crippen molar-refractivity contribution in [2.75, 3.05) is 38.7 Å². The van der Waals surface area contributed by atoms with Crippen LogP contribution in [0.3, 0.4) is 0 Å². The van der Waals surface area contributed by atoms with Crippen molar-refractivity contribution >= 4 is 34.0 Å². The second-order valence-electron chi connectivity index (χ2n) is 8.29. The number of nitrogens with one attached hydrogen (secondary N) is 1. The molecule has 33 heavy (non-hydrogen) atoms. The lowest BCUT2D eigenvalue weighted by Crippen LogP contribution is -2.33. The van der Waals surface area contributed by atoms with Crippen molar-refractivity contribution in [1.82, 2.24) is 14.9 Å². The number of fused-ring (bicyclic) bond motifs is 2.